The number of benzene rings is 4. The van der Waals surface area contributed by atoms with Crippen molar-refractivity contribution in [2.75, 3.05) is 13.7 Å². The van der Waals surface area contributed by atoms with Crippen molar-refractivity contribution in [1.82, 2.24) is 0 Å². The minimum atomic E-state index is -1.20. The van der Waals surface area contributed by atoms with E-state index in [-0.39, 0.29) is 36.5 Å². The number of hydrogen-bond donors (Lipinski definition) is 1. The number of methoxy groups -OCH3 is 1. The molecule has 0 saturated carbocycles. The van der Waals surface area contributed by atoms with Crippen molar-refractivity contribution < 1.29 is 38.1 Å². The highest BCUT2D eigenvalue weighted by molar-refractivity contribution is 5.90. The van der Waals surface area contributed by atoms with Gasteiger partial charge in [0, 0.05) is 36.5 Å². The fourth-order valence-corrected chi connectivity index (χ4v) is 8.53. The molecule has 4 heterocycles. The number of aliphatic hydroxyl groups is 1. The summed E-state index contributed by atoms with van der Waals surface area (Å²) >= 11 is 0. The first-order chi connectivity index (χ1) is 28.4. The predicted molar refractivity (Wildman–Crippen MR) is 226 cm³/mol. The minimum absolute atomic E-state index is 0.0839. The molecule has 5 aromatic rings. The number of allylic oxidation sites excluding steroid dienone is 1. The molecule has 0 saturated heterocycles. The molecule has 3 aliphatic rings. The van der Waals surface area contributed by atoms with Gasteiger partial charge in [-0.15, -0.1) is 0 Å². The molecule has 0 spiro atoms. The first-order valence-electron chi connectivity index (χ1n) is 20.6. The molecule has 3 aliphatic heterocycles. The molecular formula is C50H54O9. The third-order valence-corrected chi connectivity index (χ3v) is 11.7. The van der Waals surface area contributed by atoms with Gasteiger partial charge in [0.15, 0.2) is 12.2 Å². The zero-order valence-corrected chi connectivity index (χ0v) is 34.7. The van der Waals surface area contributed by atoms with E-state index in [0.717, 1.165) is 36.0 Å². The predicted octanol–water partition coefficient (Wildman–Crippen LogP) is 8.90. The van der Waals surface area contributed by atoms with Gasteiger partial charge in [-0.2, -0.15) is 0 Å². The largest absolute Gasteiger partial charge is 0.483 e. The highest BCUT2D eigenvalue weighted by Crippen LogP contribution is 2.47. The van der Waals surface area contributed by atoms with Crippen LogP contribution in [0.1, 0.15) is 97.6 Å². The summed E-state index contributed by atoms with van der Waals surface area (Å²) in [5, 5.41) is 11.0. The Labute approximate surface area is 346 Å². The van der Waals surface area contributed by atoms with Gasteiger partial charge in [-0.3, -0.25) is 4.79 Å². The molecule has 0 amide bonds. The van der Waals surface area contributed by atoms with Crippen LogP contribution in [-0.2, 0) is 62.5 Å². The van der Waals surface area contributed by atoms with Crippen LogP contribution in [0, 0.1) is 5.92 Å². The second-order valence-electron chi connectivity index (χ2n) is 16.6. The van der Waals surface area contributed by atoms with Crippen LogP contribution in [0.15, 0.2) is 111 Å². The second kappa shape index (κ2) is 18.2. The van der Waals surface area contributed by atoms with E-state index in [1.165, 1.54) is 23.8 Å². The zero-order valence-electron chi connectivity index (χ0n) is 34.7. The summed E-state index contributed by atoms with van der Waals surface area (Å²) in [7, 11) is 1.54. The lowest BCUT2D eigenvalue weighted by molar-refractivity contribution is -0.188. The summed E-state index contributed by atoms with van der Waals surface area (Å²) in [6.45, 7) is 7.16. The topological polar surface area (TPSA) is 122 Å². The smallest absolute Gasteiger partial charge is 0.339 e. The van der Waals surface area contributed by atoms with Crippen molar-refractivity contribution in [3.8, 4) is 5.75 Å². The summed E-state index contributed by atoms with van der Waals surface area (Å²) in [6, 6.07) is 30.9. The molecule has 1 N–H and O–H groups in total. The highest BCUT2D eigenvalue weighted by Gasteiger charge is 2.50. The first kappa shape index (κ1) is 41.6. The lowest BCUT2D eigenvalue weighted by Gasteiger charge is -2.43. The standard InChI is InChI=1S/C50H54O9/c1-31(2)38-21-20-32-14-16-35(17-15-32)28-37(19-18-34-12-9-13-36(27-34)26-33-10-7-6-8-11-33)29-43(52)56-46-44-42(59-50(3,4)47(46)58-48(38)53)23-22-39-41(30-51)40(24-25-55-5)49(54)57-45(39)44/h6-17,22-23,27,37,46-47,51H,18-21,24-26,28-30H2,1-5H3. The maximum atomic E-state index is 14.5. The van der Waals surface area contributed by atoms with Gasteiger partial charge in [-0.1, -0.05) is 84.4 Å². The third kappa shape index (κ3) is 9.53. The first-order valence-corrected chi connectivity index (χ1v) is 20.6. The molecule has 2 bridgehead atoms. The average molecular weight is 799 g/mol. The normalized spacial score (nSPS) is 19.4. The molecule has 0 fully saturated rings. The van der Waals surface area contributed by atoms with Gasteiger partial charge >= 0.3 is 17.6 Å². The van der Waals surface area contributed by atoms with Crippen molar-refractivity contribution in [3.63, 3.8) is 0 Å². The Morgan fingerprint density at radius 3 is 2.25 bits per heavy atom. The van der Waals surface area contributed by atoms with Gasteiger partial charge in [0.25, 0.3) is 0 Å². The van der Waals surface area contributed by atoms with Crippen LogP contribution in [0.4, 0.5) is 0 Å². The van der Waals surface area contributed by atoms with Crippen molar-refractivity contribution >= 4 is 22.9 Å². The van der Waals surface area contributed by atoms with Crippen LogP contribution in [-0.4, -0.2) is 42.5 Å². The van der Waals surface area contributed by atoms with Crippen molar-refractivity contribution in [3.05, 3.63) is 157 Å². The van der Waals surface area contributed by atoms with Gasteiger partial charge in [0.1, 0.15) is 16.9 Å². The molecule has 0 radical (unpaired) electrons. The van der Waals surface area contributed by atoms with Gasteiger partial charge < -0.3 is 28.5 Å². The SMILES string of the molecule is COCCc1c(CO)c2ccc3c(c2oc1=O)C1OC(=O)CC(CCc2cccc(Cc4ccccc4)c2)Cc2ccc(cc2)CCC(=C(C)C)C(=O)OC1C(C)(C)O3. The molecule has 4 aromatic carbocycles. The molecule has 3 unspecified atom stereocenters. The Kier molecular flexibility index (Phi) is 12.8. The van der Waals surface area contributed by atoms with Crippen molar-refractivity contribution in [2.45, 2.75) is 103 Å². The van der Waals surface area contributed by atoms with E-state index in [9.17, 15) is 19.5 Å². The number of ether oxygens (including phenoxy) is 4. The van der Waals surface area contributed by atoms with E-state index in [2.05, 4.69) is 72.8 Å². The maximum absolute atomic E-state index is 14.5. The number of carbonyl (C=O) groups excluding carboxylic acids is 2. The summed E-state index contributed by atoms with van der Waals surface area (Å²) in [4.78, 5) is 42.3. The van der Waals surface area contributed by atoms with Crippen molar-refractivity contribution in [2.24, 2.45) is 5.92 Å². The number of fused-ring (bicyclic) bond motifs is 13. The van der Waals surface area contributed by atoms with Gasteiger partial charge in [-0.05, 0) is 118 Å². The number of carbonyl (C=O) groups is 2. The average Bonchev–Trinajstić information content (AvgIpc) is 3.20. The van der Waals surface area contributed by atoms with Gasteiger partial charge in [0.2, 0.25) is 0 Å². The van der Waals surface area contributed by atoms with E-state index >= 15 is 0 Å². The van der Waals surface area contributed by atoms with E-state index in [1.807, 2.05) is 19.9 Å². The van der Waals surface area contributed by atoms with Crippen LogP contribution >= 0.6 is 0 Å². The quantitative estimate of drug-likeness (QED) is 0.0886. The number of rotatable bonds is 9. The molecule has 0 aliphatic carbocycles. The van der Waals surface area contributed by atoms with Crippen LogP contribution in [0.25, 0.3) is 11.0 Å². The monoisotopic (exact) mass is 798 g/mol. The highest BCUT2D eigenvalue weighted by atomic mass is 16.6. The molecule has 59 heavy (non-hydrogen) atoms. The Morgan fingerprint density at radius 1 is 0.797 bits per heavy atom. The zero-order chi connectivity index (χ0) is 41.7. The second-order valence-corrected chi connectivity index (χ2v) is 16.6. The van der Waals surface area contributed by atoms with E-state index in [4.69, 9.17) is 23.4 Å². The summed E-state index contributed by atoms with van der Waals surface area (Å²) in [5.74, 6) is -0.772. The number of esters is 2. The Balaban J connectivity index is 1.28. The maximum Gasteiger partial charge on any atom is 0.339 e. The van der Waals surface area contributed by atoms with E-state index in [0.29, 0.717) is 47.1 Å². The Hall–Kier alpha value is -5.51. The van der Waals surface area contributed by atoms with E-state index in [1.54, 1.807) is 26.0 Å². The summed E-state index contributed by atoms with van der Waals surface area (Å²) in [5.41, 5.74) is 6.48. The van der Waals surface area contributed by atoms with Crippen LogP contribution < -0.4 is 10.4 Å². The van der Waals surface area contributed by atoms with E-state index < -0.39 is 42.0 Å². The third-order valence-electron chi connectivity index (χ3n) is 11.7. The lowest BCUT2D eigenvalue weighted by atomic mass is 9.86. The molecule has 3 atom stereocenters. The minimum Gasteiger partial charge on any atom is -0.483 e. The number of hydrogen-bond acceptors (Lipinski definition) is 9. The lowest BCUT2D eigenvalue weighted by Crippen LogP contribution is -2.52. The molecular weight excluding hydrogens is 745 g/mol. The van der Waals surface area contributed by atoms with Crippen LogP contribution in [0.2, 0.25) is 0 Å². The van der Waals surface area contributed by atoms with Crippen molar-refractivity contribution in [1.29, 1.82) is 0 Å². The molecule has 1 aromatic heterocycles. The fourth-order valence-electron chi connectivity index (χ4n) is 8.53. The number of aliphatic hydroxyl groups excluding tert-OH is 1. The van der Waals surface area contributed by atoms with Gasteiger partial charge in [-0.25, -0.2) is 9.59 Å². The Morgan fingerprint density at radius 2 is 1.53 bits per heavy atom. The van der Waals surface area contributed by atoms with Crippen LogP contribution in [0.5, 0.6) is 5.75 Å². The Bertz CT molecular complexity index is 2390. The molecule has 308 valence electrons. The molecule has 9 nitrogen and oxygen atoms in total. The fraction of sp³-hybridized carbons (Fsp3) is 0.380. The summed E-state index contributed by atoms with van der Waals surface area (Å²) in [6.07, 6.45) is 2.08. The molecule has 9 heteroatoms. The van der Waals surface area contributed by atoms with Gasteiger partial charge in [0.05, 0.1) is 18.8 Å². The molecule has 8 rings (SSSR count). The van der Waals surface area contributed by atoms with Crippen LogP contribution in [0.3, 0.4) is 0 Å². The number of aryl methyl sites for hydroxylation is 2. The summed E-state index contributed by atoms with van der Waals surface area (Å²) < 4.78 is 30.7.